The molecule has 0 aliphatic carbocycles. The van der Waals surface area contributed by atoms with Gasteiger partial charge in [0.15, 0.2) is 0 Å². The van der Waals surface area contributed by atoms with Crippen LogP contribution < -0.4 is 5.32 Å². The van der Waals surface area contributed by atoms with Gasteiger partial charge in [-0.05, 0) is 38.3 Å². The highest BCUT2D eigenvalue weighted by Gasteiger charge is 2.03. The van der Waals surface area contributed by atoms with Crippen molar-refractivity contribution in [3.8, 4) is 0 Å². The van der Waals surface area contributed by atoms with Gasteiger partial charge in [-0.3, -0.25) is 4.68 Å². The highest BCUT2D eigenvalue weighted by molar-refractivity contribution is 5.22. The van der Waals surface area contributed by atoms with Crippen molar-refractivity contribution in [2.45, 2.75) is 39.2 Å². The minimum absolute atomic E-state index is 0.545. The zero-order valence-corrected chi connectivity index (χ0v) is 12.8. The summed E-state index contributed by atoms with van der Waals surface area (Å²) in [5.41, 5.74) is 4.06. The Kier molecular flexibility index (Phi) is 5.36. The number of nitrogens with zero attached hydrogens (tertiary/aromatic N) is 2. The summed E-state index contributed by atoms with van der Waals surface area (Å²) in [6, 6.07) is 11.4. The molecule has 1 N–H and O–H groups in total. The molecule has 0 radical (unpaired) electrons. The highest BCUT2D eigenvalue weighted by atomic mass is 15.3. The van der Waals surface area contributed by atoms with Crippen LogP contribution in [0.1, 0.15) is 30.2 Å². The van der Waals surface area contributed by atoms with Gasteiger partial charge in [0.1, 0.15) is 0 Å². The third-order valence-electron chi connectivity index (χ3n) is 3.74. The van der Waals surface area contributed by atoms with E-state index < -0.39 is 0 Å². The van der Waals surface area contributed by atoms with Gasteiger partial charge in [0.25, 0.3) is 0 Å². The van der Waals surface area contributed by atoms with Crippen molar-refractivity contribution in [1.82, 2.24) is 15.1 Å². The molecule has 3 heteroatoms. The molecule has 1 aromatic heterocycles. The van der Waals surface area contributed by atoms with Gasteiger partial charge in [-0.1, -0.05) is 29.8 Å². The van der Waals surface area contributed by atoms with Crippen molar-refractivity contribution in [3.63, 3.8) is 0 Å². The van der Waals surface area contributed by atoms with Gasteiger partial charge >= 0.3 is 0 Å². The van der Waals surface area contributed by atoms with Gasteiger partial charge in [-0.2, -0.15) is 5.10 Å². The average Bonchev–Trinajstić information content (AvgIpc) is 2.82. The average molecular weight is 271 g/mol. The van der Waals surface area contributed by atoms with Gasteiger partial charge in [0, 0.05) is 37.9 Å². The third kappa shape index (κ3) is 4.49. The zero-order valence-electron chi connectivity index (χ0n) is 12.8. The molecule has 1 unspecified atom stereocenters. The first-order valence-corrected chi connectivity index (χ1v) is 7.41. The van der Waals surface area contributed by atoms with Crippen LogP contribution in [0.4, 0.5) is 0 Å². The number of benzene rings is 1. The Morgan fingerprint density at radius 2 is 2.10 bits per heavy atom. The van der Waals surface area contributed by atoms with E-state index in [1.165, 1.54) is 23.2 Å². The molecule has 0 fully saturated rings. The topological polar surface area (TPSA) is 29.9 Å². The third-order valence-corrected chi connectivity index (χ3v) is 3.74. The molecule has 108 valence electrons. The first kappa shape index (κ1) is 14.8. The van der Waals surface area contributed by atoms with Crippen LogP contribution in [0.5, 0.6) is 0 Å². The van der Waals surface area contributed by atoms with Crippen molar-refractivity contribution >= 4 is 0 Å². The summed E-state index contributed by atoms with van der Waals surface area (Å²) in [5, 5.41) is 7.78. The normalized spacial score (nSPS) is 12.6. The predicted octanol–water partition coefficient (Wildman–Crippen LogP) is 2.88. The fourth-order valence-corrected chi connectivity index (χ4v) is 2.45. The fraction of sp³-hybridized carbons (Fsp3) is 0.471. The van der Waals surface area contributed by atoms with Crippen LogP contribution in [0.3, 0.4) is 0 Å². The molecular formula is C17H25N3. The second kappa shape index (κ2) is 7.25. The summed E-state index contributed by atoms with van der Waals surface area (Å²) in [6.45, 7) is 5.42. The SMILES string of the molecule is Cc1cccc(CCC(C)NCCc2ccnn2C)c1. The van der Waals surface area contributed by atoms with Crippen LogP contribution in [0.15, 0.2) is 36.5 Å². The Bertz CT molecular complexity index is 531. The van der Waals surface area contributed by atoms with Crippen LogP contribution in [-0.4, -0.2) is 22.4 Å². The molecule has 0 spiro atoms. The molecule has 0 amide bonds. The summed E-state index contributed by atoms with van der Waals surface area (Å²) < 4.78 is 1.94. The summed E-state index contributed by atoms with van der Waals surface area (Å²) in [6.07, 6.45) is 5.21. The molecule has 0 saturated carbocycles. The largest absolute Gasteiger partial charge is 0.314 e. The van der Waals surface area contributed by atoms with Crippen molar-refractivity contribution in [2.75, 3.05) is 6.54 Å². The monoisotopic (exact) mass is 271 g/mol. The van der Waals surface area contributed by atoms with Gasteiger partial charge in [0.2, 0.25) is 0 Å². The highest BCUT2D eigenvalue weighted by Crippen LogP contribution is 2.08. The molecule has 0 aliphatic rings. The molecule has 0 aliphatic heterocycles. The predicted molar refractivity (Wildman–Crippen MR) is 83.9 cm³/mol. The Balaban J connectivity index is 1.68. The lowest BCUT2D eigenvalue weighted by Gasteiger charge is -2.14. The summed E-state index contributed by atoms with van der Waals surface area (Å²) in [4.78, 5) is 0. The van der Waals surface area contributed by atoms with E-state index in [0.29, 0.717) is 6.04 Å². The van der Waals surface area contributed by atoms with E-state index >= 15 is 0 Å². The van der Waals surface area contributed by atoms with Crippen molar-refractivity contribution in [3.05, 3.63) is 53.3 Å². The smallest absolute Gasteiger partial charge is 0.0492 e. The van der Waals surface area contributed by atoms with E-state index in [9.17, 15) is 0 Å². The number of aryl methyl sites for hydroxylation is 3. The number of aromatic nitrogens is 2. The van der Waals surface area contributed by atoms with Crippen molar-refractivity contribution in [2.24, 2.45) is 7.05 Å². The summed E-state index contributed by atoms with van der Waals surface area (Å²) in [5.74, 6) is 0. The molecule has 2 aromatic rings. The van der Waals surface area contributed by atoms with Gasteiger partial charge in [-0.25, -0.2) is 0 Å². The standard InChI is InChI=1S/C17H25N3/c1-14-5-4-6-16(13-14)8-7-15(2)18-11-9-17-10-12-19-20(17)3/h4-6,10,12-13,15,18H,7-9,11H2,1-3H3. The Morgan fingerprint density at radius 1 is 1.25 bits per heavy atom. The maximum Gasteiger partial charge on any atom is 0.0492 e. The lowest BCUT2D eigenvalue weighted by atomic mass is 10.0. The lowest BCUT2D eigenvalue weighted by Crippen LogP contribution is -2.29. The maximum atomic E-state index is 4.19. The van der Waals surface area contributed by atoms with E-state index in [0.717, 1.165) is 19.4 Å². The summed E-state index contributed by atoms with van der Waals surface area (Å²) in [7, 11) is 2.00. The minimum atomic E-state index is 0.545. The van der Waals surface area contributed by atoms with Crippen molar-refractivity contribution < 1.29 is 0 Å². The minimum Gasteiger partial charge on any atom is -0.314 e. The summed E-state index contributed by atoms with van der Waals surface area (Å²) >= 11 is 0. The molecule has 2 rings (SSSR count). The zero-order chi connectivity index (χ0) is 14.4. The van der Waals surface area contributed by atoms with Gasteiger partial charge < -0.3 is 5.32 Å². The van der Waals surface area contributed by atoms with E-state index in [2.05, 4.69) is 54.6 Å². The van der Waals surface area contributed by atoms with E-state index in [1.54, 1.807) is 0 Å². The second-order valence-electron chi connectivity index (χ2n) is 5.58. The quantitative estimate of drug-likeness (QED) is 0.839. The molecule has 3 nitrogen and oxygen atoms in total. The van der Waals surface area contributed by atoms with Gasteiger partial charge in [-0.15, -0.1) is 0 Å². The first-order valence-electron chi connectivity index (χ1n) is 7.41. The van der Waals surface area contributed by atoms with Crippen LogP contribution in [0.2, 0.25) is 0 Å². The molecule has 1 heterocycles. The number of hydrogen-bond donors (Lipinski definition) is 1. The Hall–Kier alpha value is -1.61. The number of nitrogens with one attached hydrogen (secondary N) is 1. The lowest BCUT2D eigenvalue weighted by molar-refractivity contribution is 0.511. The molecule has 20 heavy (non-hydrogen) atoms. The first-order chi connectivity index (χ1) is 9.65. The van der Waals surface area contributed by atoms with Crippen LogP contribution in [-0.2, 0) is 19.9 Å². The van der Waals surface area contributed by atoms with Gasteiger partial charge in [0.05, 0.1) is 0 Å². The van der Waals surface area contributed by atoms with Crippen molar-refractivity contribution in [1.29, 1.82) is 0 Å². The Morgan fingerprint density at radius 3 is 2.80 bits per heavy atom. The molecule has 1 atom stereocenters. The van der Waals surface area contributed by atoms with Crippen LogP contribution in [0.25, 0.3) is 0 Å². The molecule has 0 bridgehead atoms. The second-order valence-corrected chi connectivity index (χ2v) is 5.58. The molecule has 1 aromatic carbocycles. The molecular weight excluding hydrogens is 246 g/mol. The van der Waals surface area contributed by atoms with Crippen LogP contribution in [0, 0.1) is 6.92 Å². The van der Waals surface area contributed by atoms with E-state index in [-0.39, 0.29) is 0 Å². The van der Waals surface area contributed by atoms with E-state index in [1.807, 2.05) is 17.9 Å². The molecule has 0 saturated heterocycles. The Labute approximate surface area is 122 Å². The van der Waals surface area contributed by atoms with E-state index in [4.69, 9.17) is 0 Å². The fourth-order valence-electron chi connectivity index (χ4n) is 2.45. The number of hydrogen-bond acceptors (Lipinski definition) is 2. The number of rotatable bonds is 7. The van der Waals surface area contributed by atoms with Crippen LogP contribution >= 0.6 is 0 Å². The maximum absolute atomic E-state index is 4.19.